The zero-order valence-corrected chi connectivity index (χ0v) is 12.7. The molecule has 0 aliphatic carbocycles. The van der Waals surface area contributed by atoms with Crippen LogP contribution in [0.15, 0.2) is 46.9 Å². The van der Waals surface area contributed by atoms with Crippen LogP contribution >= 0.6 is 15.9 Å². The SMILES string of the molecule is CC(Nc1ccccc1Br)(C(N)=O)c1c(F)cccc1F. The summed E-state index contributed by atoms with van der Waals surface area (Å²) in [5.41, 5.74) is 3.76. The summed E-state index contributed by atoms with van der Waals surface area (Å²) in [5.74, 6) is -2.56. The molecule has 3 N–H and O–H groups in total. The number of halogens is 3. The molecule has 0 aliphatic rings. The first-order valence-corrected chi connectivity index (χ1v) is 6.92. The molecule has 1 unspecified atom stereocenters. The first kappa shape index (κ1) is 15.4. The van der Waals surface area contributed by atoms with Gasteiger partial charge in [0.15, 0.2) is 0 Å². The average molecular weight is 355 g/mol. The lowest BCUT2D eigenvalue weighted by Crippen LogP contribution is -2.46. The average Bonchev–Trinajstić information content (AvgIpc) is 2.41. The van der Waals surface area contributed by atoms with Gasteiger partial charge in [-0.25, -0.2) is 8.78 Å². The largest absolute Gasteiger partial charge is 0.367 e. The molecule has 3 nitrogen and oxygen atoms in total. The van der Waals surface area contributed by atoms with Gasteiger partial charge in [0.05, 0.1) is 5.56 Å². The lowest BCUT2D eigenvalue weighted by molar-refractivity contribution is -0.122. The second-order valence-electron chi connectivity index (χ2n) is 4.69. The number of amides is 1. The number of anilines is 1. The van der Waals surface area contributed by atoms with Crippen LogP contribution in [0, 0.1) is 11.6 Å². The van der Waals surface area contributed by atoms with Crippen molar-refractivity contribution in [3.8, 4) is 0 Å². The summed E-state index contributed by atoms with van der Waals surface area (Å²) in [5, 5.41) is 2.82. The highest BCUT2D eigenvalue weighted by atomic mass is 79.9. The number of nitrogens with one attached hydrogen (secondary N) is 1. The summed E-state index contributed by atoms with van der Waals surface area (Å²) in [6.07, 6.45) is 0. The lowest BCUT2D eigenvalue weighted by Gasteiger charge is -2.30. The minimum atomic E-state index is -1.72. The Morgan fingerprint density at radius 3 is 2.24 bits per heavy atom. The van der Waals surface area contributed by atoms with Gasteiger partial charge in [0.25, 0.3) is 0 Å². The van der Waals surface area contributed by atoms with Gasteiger partial charge in [0.2, 0.25) is 5.91 Å². The molecule has 0 heterocycles. The van der Waals surface area contributed by atoms with E-state index in [0.717, 1.165) is 12.1 Å². The van der Waals surface area contributed by atoms with E-state index in [1.165, 1.54) is 13.0 Å². The van der Waals surface area contributed by atoms with Crippen molar-refractivity contribution in [2.75, 3.05) is 5.32 Å². The summed E-state index contributed by atoms with van der Waals surface area (Å²) >= 11 is 3.31. The van der Waals surface area contributed by atoms with Gasteiger partial charge in [-0.2, -0.15) is 0 Å². The maximum atomic E-state index is 14.0. The Kier molecular flexibility index (Phi) is 4.27. The predicted molar refractivity (Wildman–Crippen MR) is 80.7 cm³/mol. The molecule has 2 aromatic carbocycles. The molecule has 0 radical (unpaired) electrons. The van der Waals surface area contributed by atoms with E-state index in [1.54, 1.807) is 24.3 Å². The summed E-state index contributed by atoms with van der Waals surface area (Å²) in [6, 6.07) is 10.3. The second kappa shape index (κ2) is 5.81. The van der Waals surface area contributed by atoms with Crippen LogP contribution in [0.3, 0.4) is 0 Å². The molecule has 21 heavy (non-hydrogen) atoms. The fraction of sp³-hybridized carbons (Fsp3) is 0.133. The third-order valence-electron chi connectivity index (χ3n) is 3.21. The molecular weight excluding hydrogens is 342 g/mol. The smallest absolute Gasteiger partial charge is 0.247 e. The van der Waals surface area contributed by atoms with Crippen molar-refractivity contribution < 1.29 is 13.6 Å². The predicted octanol–water partition coefficient (Wildman–Crippen LogP) is 3.54. The molecule has 0 bridgehead atoms. The molecule has 110 valence electrons. The zero-order chi connectivity index (χ0) is 15.6. The van der Waals surface area contributed by atoms with E-state index in [-0.39, 0.29) is 0 Å². The standard InChI is InChI=1S/C15H13BrF2N2O/c1-15(14(19)21,13-10(17)6-4-7-11(13)18)20-12-8-3-2-5-9(12)16/h2-8,20H,1H3,(H2,19,21). The Morgan fingerprint density at radius 2 is 1.71 bits per heavy atom. The number of primary amides is 1. The van der Waals surface area contributed by atoms with Crippen LogP contribution in [0.5, 0.6) is 0 Å². The van der Waals surface area contributed by atoms with Gasteiger partial charge < -0.3 is 11.1 Å². The highest BCUT2D eigenvalue weighted by molar-refractivity contribution is 9.10. The van der Waals surface area contributed by atoms with Crippen LogP contribution in [0.25, 0.3) is 0 Å². The second-order valence-corrected chi connectivity index (χ2v) is 5.55. The van der Waals surface area contributed by atoms with Gasteiger partial charge in [-0.3, -0.25) is 4.79 Å². The minimum absolute atomic E-state index is 0.409. The highest BCUT2D eigenvalue weighted by Gasteiger charge is 2.38. The van der Waals surface area contributed by atoms with E-state index in [4.69, 9.17) is 5.73 Å². The van der Waals surface area contributed by atoms with Crippen molar-refractivity contribution in [1.29, 1.82) is 0 Å². The molecule has 0 aromatic heterocycles. The van der Waals surface area contributed by atoms with Crippen LogP contribution in [0.2, 0.25) is 0 Å². The van der Waals surface area contributed by atoms with Crippen LogP contribution in [0.4, 0.5) is 14.5 Å². The normalized spacial score (nSPS) is 13.5. The van der Waals surface area contributed by atoms with E-state index < -0.39 is 28.6 Å². The molecule has 2 aromatic rings. The molecule has 0 fully saturated rings. The van der Waals surface area contributed by atoms with Gasteiger partial charge in [0.1, 0.15) is 17.2 Å². The Hall–Kier alpha value is -1.95. The Balaban J connectivity index is 2.57. The quantitative estimate of drug-likeness (QED) is 0.882. The van der Waals surface area contributed by atoms with Crippen molar-refractivity contribution in [1.82, 2.24) is 0 Å². The number of nitrogens with two attached hydrogens (primary N) is 1. The molecule has 1 amide bonds. The summed E-state index contributed by atoms with van der Waals surface area (Å²) in [6.45, 7) is 1.34. The number of carbonyl (C=O) groups is 1. The third-order valence-corrected chi connectivity index (χ3v) is 3.91. The summed E-state index contributed by atoms with van der Waals surface area (Å²) < 4.78 is 28.7. The molecule has 0 spiro atoms. The van der Waals surface area contributed by atoms with E-state index in [2.05, 4.69) is 21.2 Å². The molecule has 0 saturated carbocycles. The van der Waals surface area contributed by atoms with Gasteiger partial charge in [-0.15, -0.1) is 0 Å². The number of para-hydroxylation sites is 1. The number of hydrogen-bond donors (Lipinski definition) is 2. The molecule has 6 heteroatoms. The maximum Gasteiger partial charge on any atom is 0.247 e. The monoisotopic (exact) mass is 354 g/mol. The van der Waals surface area contributed by atoms with Crippen LogP contribution in [0.1, 0.15) is 12.5 Å². The van der Waals surface area contributed by atoms with E-state index in [1.807, 2.05) is 0 Å². The summed E-state index contributed by atoms with van der Waals surface area (Å²) in [4.78, 5) is 11.9. The number of rotatable bonds is 4. The Labute approximate surface area is 129 Å². The molecular formula is C15H13BrF2N2O. The topological polar surface area (TPSA) is 55.1 Å². The first-order valence-electron chi connectivity index (χ1n) is 6.13. The van der Waals surface area contributed by atoms with Gasteiger partial charge in [0, 0.05) is 10.2 Å². The fourth-order valence-corrected chi connectivity index (χ4v) is 2.44. The van der Waals surface area contributed by atoms with Crippen molar-refractivity contribution in [3.63, 3.8) is 0 Å². The number of hydrogen-bond acceptors (Lipinski definition) is 2. The van der Waals surface area contributed by atoms with Crippen molar-refractivity contribution in [3.05, 3.63) is 64.1 Å². The van der Waals surface area contributed by atoms with E-state index >= 15 is 0 Å². The van der Waals surface area contributed by atoms with Gasteiger partial charge >= 0.3 is 0 Å². The number of carbonyl (C=O) groups excluding carboxylic acids is 1. The fourth-order valence-electron chi connectivity index (χ4n) is 2.05. The molecule has 0 saturated heterocycles. The minimum Gasteiger partial charge on any atom is -0.367 e. The summed E-state index contributed by atoms with van der Waals surface area (Å²) in [7, 11) is 0. The van der Waals surface area contributed by atoms with Gasteiger partial charge in [-0.1, -0.05) is 18.2 Å². The third kappa shape index (κ3) is 2.90. The Morgan fingerprint density at radius 1 is 1.14 bits per heavy atom. The van der Waals surface area contributed by atoms with Crippen molar-refractivity contribution in [2.24, 2.45) is 5.73 Å². The van der Waals surface area contributed by atoms with E-state index in [0.29, 0.717) is 10.2 Å². The van der Waals surface area contributed by atoms with E-state index in [9.17, 15) is 13.6 Å². The maximum absolute atomic E-state index is 14.0. The van der Waals surface area contributed by atoms with Crippen molar-refractivity contribution in [2.45, 2.75) is 12.5 Å². The number of benzene rings is 2. The lowest BCUT2D eigenvalue weighted by atomic mass is 9.89. The Bertz CT molecular complexity index is 673. The van der Waals surface area contributed by atoms with Crippen molar-refractivity contribution >= 4 is 27.5 Å². The molecule has 2 rings (SSSR count). The van der Waals surface area contributed by atoms with Crippen LogP contribution in [-0.2, 0) is 10.3 Å². The first-order chi connectivity index (χ1) is 9.86. The van der Waals surface area contributed by atoms with Crippen LogP contribution in [-0.4, -0.2) is 5.91 Å². The highest BCUT2D eigenvalue weighted by Crippen LogP contribution is 2.33. The van der Waals surface area contributed by atoms with Gasteiger partial charge in [-0.05, 0) is 47.1 Å². The molecule has 0 aliphatic heterocycles. The zero-order valence-electron chi connectivity index (χ0n) is 11.2. The molecule has 1 atom stereocenters. The van der Waals surface area contributed by atoms with Crippen LogP contribution < -0.4 is 11.1 Å².